The normalized spacial score (nSPS) is 13.7. The standard InChI is InChI=1S/C23H26F6N6O3/c1-5-35(21(36)33-17(23(27,28)29)6-7-22(24,25)26)13(2)14-10-15(19(37-3)31-11-14)16-12-34-9-8-30-18(34)20(32-16)38-4/h8-13,17H,5-7H2,1-4H3,(H,33,36). The number of methoxy groups -OCH3 is 2. The third-order valence-corrected chi connectivity index (χ3v) is 5.84. The molecule has 3 heterocycles. The van der Waals surface area contributed by atoms with E-state index in [2.05, 4.69) is 15.0 Å². The topological polar surface area (TPSA) is 93.9 Å². The van der Waals surface area contributed by atoms with Gasteiger partial charge in [-0.15, -0.1) is 0 Å². The number of hydrogen-bond donors (Lipinski definition) is 1. The van der Waals surface area contributed by atoms with E-state index in [1.807, 2.05) is 0 Å². The summed E-state index contributed by atoms with van der Waals surface area (Å²) in [5.74, 6) is 0.409. The van der Waals surface area contributed by atoms with Crippen molar-refractivity contribution in [3.8, 4) is 23.0 Å². The first-order chi connectivity index (χ1) is 17.8. The third-order valence-electron chi connectivity index (χ3n) is 5.84. The lowest BCUT2D eigenvalue weighted by molar-refractivity contribution is -0.171. The second-order valence-electron chi connectivity index (χ2n) is 8.28. The molecule has 0 aliphatic heterocycles. The number of nitrogens with one attached hydrogen (secondary N) is 1. The van der Waals surface area contributed by atoms with Crippen LogP contribution < -0.4 is 14.8 Å². The number of carbonyl (C=O) groups excluding carboxylic acids is 1. The van der Waals surface area contributed by atoms with Crippen LogP contribution in [0.1, 0.15) is 38.3 Å². The number of imidazole rings is 1. The van der Waals surface area contributed by atoms with E-state index in [1.165, 1.54) is 27.3 Å². The molecule has 0 fully saturated rings. The van der Waals surface area contributed by atoms with Gasteiger partial charge in [-0.3, -0.25) is 0 Å². The fourth-order valence-electron chi connectivity index (χ4n) is 3.84. The van der Waals surface area contributed by atoms with Crippen molar-refractivity contribution in [2.75, 3.05) is 20.8 Å². The molecule has 0 aromatic carbocycles. The molecule has 2 unspecified atom stereocenters. The van der Waals surface area contributed by atoms with Gasteiger partial charge in [0.15, 0.2) is 5.65 Å². The van der Waals surface area contributed by atoms with E-state index in [4.69, 9.17) is 9.47 Å². The SMILES string of the molecule is CCN(C(=O)NC(CCC(F)(F)F)C(F)(F)F)C(C)c1cnc(OC)c(-c2cn3ccnc3c(OC)n2)c1. The molecule has 0 spiro atoms. The zero-order chi connectivity index (χ0) is 28.3. The van der Waals surface area contributed by atoms with Crippen LogP contribution in [0.15, 0.2) is 30.9 Å². The lowest BCUT2D eigenvalue weighted by atomic mass is 10.1. The molecule has 0 aliphatic rings. The van der Waals surface area contributed by atoms with Crippen molar-refractivity contribution in [1.29, 1.82) is 0 Å². The molecule has 9 nitrogen and oxygen atoms in total. The minimum atomic E-state index is -5.06. The lowest BCUT2D eigenvalue weighted by Crippen LogP contribution is -2.51. The molecule has 15 heteroatoms. The van der Waals surface area contributed by atoms with Crippen LogP contribution >= 0.6 is 0 Å². The molecule has 38 heavy (non-hydrogen) atoms. The summed E-state index contributed by atoms with van der Waals surface area (Å²) in [6.45, 7) is 3.05. The maximum absolute atomic E-state index is 13.4. The molecule has 3 aromatic rings. The van der Waals surface area contributed by atoms with Crippen LogP contribution in [0, 0.1) is 0 Å². The number of carbonyl (C=O) groups is 1. The van der Waals surface area contributed by atoms with Gasteiger partial charge in [0, 0.05) is 37.8 Å². The van der Waals surface area contributed by atoms with Crippen LogP contribution in [0.5, 0.6) is 11.8 Å². The molecule has 3 rings (SSSR count). The number of rotatable bonds is 9. The van der Waals surface area contributed by atoms with Crippen molar-refractivity contribution in [2.24, 2.45) is 0 Å². The Balaban J connectivity index is 1.92. The van der Waals surface area contributed by atoms with Gasteiger partial charge in [-0.25, -0.2) is 19.7 Å². The second-order valence-corrected chi connectivity index (χ2v) is 8.28. The molecule has 2 atom stereocenters. The summed E-state index contributed by atoms with van der Waals surface area (Å²) in [5, 5.41) is 1.71. The van der Waals surface area contributed by atoms with Crippen LogP contribution in [0.4, 0.5) is 31.1 Å². The lowest BCUT2D eigenvalue weighted by Gasteiger charge is -2.31. The van der Waals surface area contributed by atoms with Crippen molar-refractivity contribution in [3.05, 3.63) is 36.4 Å². The largest absolute Gasteiger partial charge is 0.481 e. The molecule has 1 N–H and O–H groups in total. The molecular weight excluding hydrogens is 522 g/mol. The number of urea groups is 1. The van der Waals surface area contributed by atoms with Gasteiger partial charge in [-0.1, -0.05) is 0 Å². The number of hydrogen-bond acceptors (Lipinski definition) is 6. The number of amides is 2. The minimum Gasteiger partial charge on any atom is -0.481 e. The number of halogens is 6. The molecule has 0 aliphatic carbocycles. The fraction of sp³-hybridized carbons (Fsp3) is 0.478. The molecule has 3 aromatic heterocycles. The average Bonchev–Trinajstić information content (AvgIpc) is 3.33. The Morgan fingerprint density at radius 3 is 2.39 bits per heavy atom. The average molecular weight is 548 g/mol. The highest BCUT2D eigenvalue weighted by molar-refractivity contribution is 5.75. The number of aromatic nitrogens is 4. The van der Waals surface area contributed by atoms with Crippen molar-refractivity contribution < 1.29 is 40.6 Å². The number of fused-ring (bicyclic) bond motifs is 1. The predicted octanol–water partition coefficient (Wildman–Crippen LogP) is 5.17. The number of nitrogens with zero attached hydrogens (tertiary/aromatic N) is 5. The van der Waals surface area contributed by atoms with Crippen molar-refractivity contribution in [1.82, 2.24) is 29.6 Å². The fourth-order valence-corrected chi connectivity index (χ4v) is 3.84. The van der Waals surface area contributed by atoms with Gasteiger partial charge in [0.25, 0.3) is 5.88 Å². The third kappa shape index (κ3) is 6.55. The second kappa shape index (κ2) is 11.3. The number of pyridine rings is 1. The van der Waals surface area contributed by atoms with Gasteiger partial charge >= 0.3 is 18.4 Å². The summed E-state index contributed by atoms with van der Waals surface area (Å²) in [4.78, 5) is 26.7. The van der Waals surface area contributed by atoms with Gasteiger partial charge in [-0.05, 0) is 31.9 Å². The molecule has 2 amide bonds. The molecular formula is C23H26F6N6O3. The van der Waals surface area contributed by atoms with E-state index in [0.29, 0.717) is 22.5 Å². The van der Waals surface area contributed by atoms with E-state index in [-0.39, 0.29) is 18.3 Å². The van der Waals surface area contributed by atoms with Crippen LogP contribution in [-0.4, -0.2) is 69.4 Å². The van der Waals surface area contributed by atoms with Crippen molar-refractivity contribution in [2.45, 2.75) is 51.1 Å². The van der Waals surface area contributed by atoms with E-state index in [1.54, 1.807) is 41.3 Å². The number of alkyl halides is 6. The Morgan fingerprint density at radius 1 is 1.13 bits per heavy atom. The Hall–Kier alpha value is -3.78. The summed E-state index contributed by atoms with van der Waals surface area (Å²) in [6, 6.07) is -3.03. The monoisotopic (exact) mass is 548 g/mol. The molecule has 0 radical (unpaired) electrons. The Morgan fingerprint density at radius 2 is 1.82 bits per heavy atom. The highest BCUT2D eigenvalue weighted by atomic mass is 19.4. The maximum Gasteiger partial charge on any atom is 0.408 e. The van der Waals surface area contributed by atoms with Crippen molar-refractivity contribution >= 4 is 11.7 Å². The first-order valence-corrected chi connectivity index (χ1v) is 11.4. The van der Waals surface area contributed by atoms with Gasteiger partial charge in [0.05, 0.1) is 31.5 Å². The highest BCUT2D eigenvalue weighted by Gasteiger charge is 2.43. The van der Waals surface area contributed by atoms with E-state index >= 15 is 0 Å². The highest BCUT2D eigenvalue weighted by Crippen LogP contribution is 2.33. The zero-order valence-corrected chi connectivity index (χ0v) is 20.9. The Bertz CT molecular complexity index is 1260. The molecule has 0 bridgehead atoms. The van der Waals surface area contributed by atoms with E-state index in [0.717, 1.165) is 4.90 Å². The summed E-state index contributed by atoms with van der Waals surface area (Å²) < 4.78 is 90.1. The quantitative estimate of drug-likeness (QED) is 0.371. The Labute approximate surface area is 213 Å². The van der Waals surface area contributed by atoms with Crippen molar-refractivity contribution in [3.63, 3.8) is 0 Å². The predicted molar refractivity (Wildman–Crippen MR) is 124 cm³/mol. The first kappa shape index (κ1) is 28.8. The van der Waals surface area contributed by atoms with Crippen LogP contribution in [-0.2, 0) is 0 Å². The van der Waals surface area contributed by atoms with Crippen LogP contribution in [0.3, 0.4) is 0 Å². The molecule has 0 saturated heterocycles. The summed E-state index contributed by atoms with van der Waals surface area (Å²) in [6.07, 6.45) is -6.61. The Kier molecular flexibility index (Phi) is 8.57. The summed E-state index contributed by atoms with van der Waals surface area (Å²) in [7, 11) is 2.82. The van der Waals surface area contributed by atoms with E-state index in [9.17, 15) is 31.1 Å². The smallest absolute Gasteiger partial charge is 0.408 e. The molecule has 0 saturated carbocycles. The van der Waals surface area contributed by atoms with E-state index < -0.39 is 43.3 Å². The summed E-state index contributed by atoms with van der Waals surface area (Å²) >= 11 is 0. The maximum atomic E-state index is 13.4. The van der Waals surface area contributed by atoms with Crippen LogP contribution in [0.2, 0.25) is 0 Å². The van der Waals surface area contributed by atoms with Gasteiger partial charge in [-0.2, -0.15) is 26.3 Å². The number of ether oxygens (including phenoxy) is 2. The molecule has 208 valence electrons. The first-order valence-electron chi connectivity index (χ1n) is 11.4. The summed E-state index contributed by atoms with van der Waals surface area (Å²) in [5.41, 5.74) is 1.66. The van der Waals surface area contributed by atoms with Gasteiger partial charge in [0.2, 0.25) is 5.88 Å². The van der Waals surface area contributed by atoms with Gasteiger partial charge < -0.3 is 24.1 Å². The van der Waals surface area contributed by atoms with Gasteiger partial charge in [0.1, 0.15) is 6.04 Å². The zero-order valence-electron chi connectivity index (χ0n) is 20.9. The van der Waals surface area contributed by atoms with Crippen LogP contribution in [0.25, 0.3) is 16.9 Å². The minimum absolute atomic E-state index is 0.0364.